The summed E-state index contributed by atoms with van der Waals surface area (Å²) in [5, 5.41) is 12.6. The highest BCUT2D eigenvalue weighted by Gasteiger charge is 2.27. The van der Waals surface area contributed by atoms with E-state index in [2.05, 4.69) is 31.7 Å². The van der Waals surface area contributed by atoms with Gasteiger partial charge in [0.25, 0.3) is 0 Å². The number of fused-ring (bicyclic) bond motifs is 1. The summed E-state index contributed by atoms with van der Waals surface area (Å²) in [4.78, 5) is 13.5. The standard InChI is InChI=1S/C20H18BrClN4O2S2/c1-28-19(27)16-13-3-2-4-15(13)30-18(16)24-20(29)23-17-14(21)10-26(25-17)9-11-5-7-12(22)8-6-11/h5-8,10H,2-4,9H2,1H3,(H2,23,24,25,29). The van der Waals surface area contributed by atoms with Crippen LogP contribution in [0.2, 0.25) is 5.02 Å². The lowest BCUT2D eigenvalue weighted by Gasteiger charge is -2.10. The third-order valence-corrected chi connectivity index (χ3v) is 6.99. The van der Waals surface area contributed by atoms with Crippen LogP contribution in [0.15, 0.2) is 34.9 Å². The molecule has 156 valence electrons. The number of hydrogen-bond acceptors (Lipinski definition) is 5. The van der Waals surface area contributed by atoms with Crippen molar-refractivity contribution in [3.05, 3.63) is 61.5 Å². The van der Waals surface area contributed by atoms with Gasteiger partial charge in [-0.15, -0.1) is 11.3 Å². The molecule has 10 heteroatoms. The van der Waals surface area contributed by atoms with Gasteiger partial charge >= 0.3 is 5.97 Å². The molecule has 0 bridgehead atoms. The van der Waals surface area contributed by atoms with E-state index in [-0.39, 0.29) is 5.97 Å². The van der Waals surface area contributed by atoms with Crippen LogP contribution in [0.25, 0.3) is 0 Å². The predicted molar refractivity (Wildman–Crippen MR) is 128 cm³/mol. The van der Waals surface area contributed by atoms with Crippen molar-refractivity contribution in [1.82, 2.24) is 9.78 Å². The number of nitrogens with zero attached hydrogens (tertiary/aromatic N) is 2. The Hall–Kier alpha value is -1.94. The fraction of sp³-hybridized carbons (Fsp3) is 0.250. The second kappa shape index (κ2) is 9.05. The van der Waals surface area contributed by atoms with Gasteiger partial charge in [0.05, 0.1) is 23.7 Å². The van der Waals surface area contributed by atoms with Gasteiger partial charge in [0.15, 0.2) is 10.9 Å². The van der Waals surface area contributed by atoms with E-state index in [1.165, 1.54) is 12.0 Å². The zero-order valence-corrected chi connectivity index (χ0v) is 20.0. The number of rotatable bonds is 5. The number of aromatic nitrogens is 2. The van der Waals surface area contributed by atoms with E-state index >= 15 is 0 Å². The lowest BCUT2D eigenvalue weighted by Crippen LogP contribution is -2.21. The van der Waals surface area contributed by atoms with Crippen LogP contribution in [-0.4, -0.2) is 28.0 Å². The molecule has 2 aromatic heterocycles. The molecule has 1 aliphatic rings. The minimum atomic E-state index is -0.340. The highest BCUT2D eigenvalue weighted by Crippen LogP contribution is 2.39. The molecule has 3 aromatic rings. The fourth-order valence-corrected chi connectivity index (χ4v) is 5.48. The number of nitrogens with one attached hydrogen (secondary N) is 2. The Morgan fingerprint density at radius 1 is 1.33 bits per heavy atom. The van der Waals surface area contributed by atoms with Crippen LogP contribution in [0.3, 0.4) is 0 Å². The molecular formula is C20H18BrClN4O2S2. The quantitative estimate of drug-likeness (QED) is 0.339. The molecule has 2 N–H and O–H groups in total. The Balaban J connectivity index is 1.47. The Kier molecular flexibility index (Phi) is 6.43. The molecular weight excluding hydrogens is 508 g/mol. The van der Waals surface area contributed by atoms with Gasteiger partial charge in [-0.25, -0.2) is 4.79 Å². The number of esters is 1. The summed E-state index contributed by atoms with van der Waals surface area (Å²) in [6.45, 7) is 0.599. The van der Waals surface area contributed by atoms with Gasteiger partial charge in [-0.2, -0.15) is 5.10 Å². The number of thiocarbonyl (C=S) groups is 1. The molecule has 1 aliphatic carbocycles. The van der Waals surface area contributed by atoms with Crippen molar-refractivity contribution in [2.24, 2.45) is 0 Å². The number of carbonyl (C=O) groups excluding carboxylic acids is 1. The van der Waals surface area contributed by atoms with Gasteiger partial charge in [-0.3, -0.25) is 4.68 Å². The molecule has 30 heavy (non-hydrogen) atoms. The topological polar surface area (TPSA) is 68.2 Å². The van der Waals surface area contributed by atoms with E-state index in [0.717, 1.165) is 34.9 Å². The van der Waals surface area contributed by atoms with Gasteiger partial charge in [0.2, 0.25) is 0 Å². The molecule has 0 aliphatic heterocycles. The second-order valence-corrected chi connectivity index (χ2v) is 9.59. The number of halogens is 2. The van der Waals surface area contributed by atoms with Crippen molar-refractivity contribution < 1.29 is 9.53 Å². The summed E-state index contributed by atoms with van der Waals surface area (Å²) in [6.07, 6.45) is 4.80. The van der Waals surface area contributed by atoms with Gasteiger partial charge in [0.1, 0.15) is 5.00 Å². The van der Waals surface area contributed by atoms with Gasteiger partial charge < -0.3 is 15.4 Å². The SMILES string of the molecule is COC(=O)c1c(NC(=S)Nc2nn(Cc3ccc(Cl)cc3)cc2Br)sc2c1CCC2. The van der Waals surface area contributed by atoms with Crippen molar-refractivity contribution in [3.63, 3.8) is 0 Å². The highest BCUT2D eigenvalue weighted by molar-refractivity contribution is 9.10. The van der Waals surface area contributed by atoms with Crippen molar-refractivity contribution >= 4 is 73.0 Å². The van der Waals surface area contributed by atoms with E-state index in [1.807, 2.05) is 30.5 Å². The monoisotopic (exact) mass is 524 g/mol. The Morgan fingerprint density at radius 3 is 2.83 bits per heavy atom. The smallest absolute Gasteiger partial charge is 0.341 e. The van der Waals surface area contributed by atoms with E-state index in [1.54, 1.807) is 16.0 Å². The molecule has 0 radical (unpaired) electrons. The van der Waals surface area contributed by atoms with E-state index in [0.29, 0.717) is 33.1 Å². The van der Waals surface area contributed by atoms with Crippen LogP contribution in [0.5, 0.6) is 0 Å². The van der Waals surface area contributed by atoms with E-state index in [4.69, 9.17) is 28.6 Å². The van der Waals surface area contributed by atoms with Crippen molar-refractivity contribution in [2.45, 2.75) is 25.8 Å². The van der Waals surface area contributed by atoms with Crippen LogP contribution < -0.4 is 10.6 Å². The number of benzene rings is 1. The summed E-state index contributed by atoms with van der Waals surface area (Å²) in [7, 11) is 1.39. The summed E-state index contributed by atoms with van der Waals surface area (Å²) in [5.74, 6) is 0.248. The van der Waals surface area contributed by atoms with Crippen LogP contribution >= 0.6 is 51.1 Å². The number of ether oxygens (including phenoxy) is 1. The summed E-state index contributed by atoms with van der Waals surface area (Å²) < 4.78 is 7.56. The Morgan fingerprint density at radius 2 is 2.10 bits per heavy atom. The van der Waals surface area contributed by atoms with Crippen LogP contribution in [0.1, 0.15) is 32.8 Å². The Bertz CT molecular complexity index is 1110. The molecule has 0 saturated heterocycles. The molecule has 0 atom stereocenters. The molecule has 0 spiro atoms. The number of methoxy groups -OCH3 is 1. The number of carbonyl (C=O) groups is 1. The minimum Gasteiger partial charge on any atom is -0.465 e. The summed E-state index contributed by atoms with van der Waals surface area (Å²) in [5.41, 5.74) is 2.74. The number of hydrogen-bond donors (Lipinski definition) is 2. The van der Waals surface area contributed by atoms with Gasteiger partial charge in [-0.05, 0) is 70.7 Å². The maximum absolute atomic E-state index is 12.3. The first-order valence-electron chi connectivity index (χ1n) is 9.23. The molecule has 0 saturated carbocycles. The second-order valence-electron chi connectivity index (χ2n) is 6.78. The van der Waals surface area contributed by atoms with Gasteiger partial charge in [-0.1, -0.05) is 23.7 Å². The third kappa shape index (κ3) is 4.54. The normalized spacial score (nSPS) is 12.5. The predicted octanol–water partition coefficient (Wildman–Crippen LogP) is 5.49. The first kappa shape index (κ1) is 21.3. The molecule has 6 nitrogen and oxygen atoms in total. The first-order chi connectivity index (χ1) is 14.4. The maximum atomic E-state index is 12.3. The van der Waals surface area contributed by atoms with Crippen molar-refractivity contribution in [1.29, 1.82) is 0 Å². The average Bonchev–Trinajstić information content (AvgIpc) is 3.38. The minimum absolute atomic E-state index is 0.340. The lowest BCUT2D eigenvalue weighted by atomic mass is 10.1. The number of aryl methyl sites for hydroxylation is 1. The lowest BCUT2D eigenvalue weighted by molar-refractivity contribution is 0.0601. The maximum Gasteiger partial charge on any atom is 0.341 e. The molecule has 1 aromatic carbocycles. The highest BCUT2D eigenvalue weighted by atomic mass is 79.9. The van der Waals surface area contributed by atoms with E-state index in [9.17, 15) is 4.79 Å². The van der Waals surface area contributed by atoms with Crippen molar-refractivity contribution in [2.75, 3.05) is 17.7 Å². The molecule has 4 rings (SSSR count). The summed E-state index contributed by atoms with van der Waals surface area (Å²) in [6, 6.07) is 7.62. The zero-order valence-electron chi connectivity index (χ0n) is 16.0. The average molecular weight is 526 g/mol. The van der Waals surface area contributed by atoms with Gasteiger partial charge in [0, 0.05) is 16.1 Å². The van der Waals surface area contributed by atoms with Crippen LogP contribution in [0.4, 0.5) is 10.8 Å². The zero-order chi connectivity index (χ0) is 21.3. The fourth-order valence-electron chi connectivity index (χ4n) is 3.39. The largest absolute Gasteiger partial charge is 0.465 e. The molecule has 0 fully saturated rings. The molecule has 0 unspecified atom stereocenters. The molecule has 0 amide bonds. The Labute approximate surface area is 196 Å². The first-order valence-corrected chi connectivity index (χ1v) is 11.6. The van der Waals surface area contributed by atoms with Crippen molar-refractivity contribution in [3.8, 4) is 0 Å². The van der Waals surface area contributed by atoms with Crippen LogP contribution in [0, 0.1) is 0 Å². The van der Waals surface area contributed by atoms with E-state index < -0.39 is 0 Å². The van der Waals surface area contributed by atoms with Crippen LogP contribution in [-0.2, 0) is 24.1 Å². The number of thiophene rings is 1. The summed E-state index contributed by atoms with van der Waals surface area (Å²) >= 11 is 16.5. The molecule has 2 heterocycles. The third-order valence-electron chi connectivity index (χ3n) is 4.74. The number of anilines is 2.